The van der Waals surface area contributed by atoms with Gasteiger partial charge in [-0.2, -0.15) is 0 Å². The molecule has 0 saturated heterocycles. The van der Waals surface area contributed by atoms with Crippen LogP contribution in [0.4, 0.5) is 0 Å². The van der Waals surface area contributed by atoms with Crippen LogP contribution in [-0.2, 0) is 6.42 Å². The van der Waals surface area contributed by atoms with Gasteiger partial charge in [0.2, 0.25) is 0 Å². The van der Waals surface area contributed by atoms with E-state index in [1.165, 1.54) is 22.3 Å². The van der Waals surface area contributed by atoms with Gasteiger partial charge in [-0.1, -0.05) is 75.2 Å². The van der Waals surface area contributed by atoms with Crippen molar-refractivity contribution in [3.8, 4) is 11.1 Å². The molecule has 0 saturated carbocycles. The van der Waals surface area contributed by atoms with Crippen molar-refractivity contribution in [1.82, 2.24) is 0 Å². The number of rotatable bonds is 5. The summed E-state index contributed by atoms with van der Waals surface area (Å²) in [5, 5.41) is 0. The van der Waals surface area contributed by atoms with E-state index in [0.717, 1.165) is 17.5 Å². The SMILES string of the molecule is C=Cc1cc(C=C)c(CC)c(-c2ccccc2)c1C=C. The first kappa shape index (κ1) is 14.1. The molecule has 0 aliphatic heterocycles. The van der Waals surface area contributed by atoms with Gasteiger partial charge < -0.3 is 0 Å². The van der Waals surface area contributed by atoms with E-state index < -0.39 is 0 Å². The smallest absolute Gasteiger partial charge is 0.00677 e. The van der Waals surface area contributed by atoms with Gasteiger partial charge in [0.15, 0.2) is 0 Å². The Morgan fingerprint density at radius 2 is 1.55 bits per heavy atom. The van der Waals surface area contributed by atoms with E-state index in [2.05, 4.69) is 57.0 Å². The fraction of sp³-hybridized carbons (Fsp3) is 0.100. The zero-order valence-electron chi connectivity index (χ0n) is 12.0. The average Bonchev–Trinajstić information content (AvgIpc) is 2.53. The Morgan fingerprint density at radius 3 is 2.05 bits per heavy atom. The van der Waals surface area contributed by atoms with Gasteiger partial charge in [-0.05, 0) is 45.9 Å². The van der Waals surface area contributed by atoms with Crippen LogP contribution in [0.1, 0.15) is 29.2 Å². The fourth-order valence-corrected chi connectivity index (χ4v) is 2.67. The van der Waals surface area contributed by atoms with Crippen molar-refractivity contribution in [2.75, 3.05) is 0 Å². The monoisotopic (exact) mass is 260 g/mol. The Balaban J connectivity index is 2.90. The highest BCUT2D eigenvalue weighted by Crippen LogP contribution is 2.35. The second-order valence-electron chi connectivity index (χ2n) is 4.65. The van der Waals surface area contributed by atoms with Crippen molar-refractivity contribution < 1.29 is 0 Å². The molecule has 0 nitrogen and oxygen atoms in total. The second-order valence-corrected chi connectivity index (χ2v) is 4.65. The van der Waals surface area contributed by atoms with Crippen LogP contribution in [0.5, 0.6) is 0 Å². The summed E-state index contributed by atoms with van der Waals surface area (Å²) < 4.78 is 0. The zero-order valence-corrected chi connectivity index (χ0v) is 12.0. The van der Waals surface area contributed by atoms with Crippen LogP contribution in [0.2, 0.25) is 0 Å². The molecule has 0 amide bonds. The zero-order chi connectivity index (χ0) is 14.5. The van der Waals surface area contributed by atoms with Crippen LogP contribution in [-0.4, -0.2) is 0 Å². The molecule has 0 atom stereocenters. The van der Waals surface area contributed by atoms with E-state index in [-0.39, 0.29) is 0 Å². The number of hydrogen-bond donors (Lipinski definition) is 0. The lowest BCUT2D eigenvalue weighted by molar-refractivity contribution is 1.13. The maximum absolute atomic E-state index is 3.98. The summed E-state index contributed by atoms with van der Waals surface area (Å²) in [6.07, 6.45) is 6.69. The quantitative estimate of drug-likeness (QED) is 0.633. The fourth-order valence-electron chi connectivity index (χ4n) is 2.67. The summed E-state index contributed by atoms with van der Waals surface area (Å²) in [5.74, 6) is 0. The predicted molar refractivity (Wildman–Crippen MR) is 91.5 cm³/mol. The standard InChI is InChI=1S/C20H20/c1-5-15-14-16(6-2)19(8-4)20(18(15)7-3)17-12-10-9-11-13-17/h5-7,9-14H,1-3,8H2,4H3. The number of hydrogen-bond acceptors (Lipinski definition) is 0. The van der Waals surface area contributed by atoms with Gasteiger partial charge in [-0.25, -0.2) is 0 Å². The Morgan fingerprint density at radius 1 is 0.900 bits per heavy atom. The van der Waals surface area contributed by atoms with Crippen molar-refractivity contribution in [2.24, 2.45) is 0 Å². The summed E-state index contributed by atoms with van der Waals surface area (Å²) in [7, 11) is 0. The second kappa shape index (κ2) is 6.21. The van der Waals surface area contributed by atoms with E-state index in [0.29, 0.717) is 0 Å². The third kappa shape index (κ3) is 2.37. The van der Waals surface area contributed by atoms with Gasteiger partial charge in [0.25, 0.3) is 0 Å². The largest absolute Gasteiger partial charge is 0.0985 e. The average molecular weight is 260 g/mol. The predicted octanol–water partition coefficient (Wildman–Crippen LogP) is 5.85. The van der Waals surface area contributed by atoms with E-state index in [9.17, 15) is 0 Å². The molecule has 0 radical (unpaired) electrons. The van der Waals surface area contributed by atoms with Crippen LogP contribution in [0.3, 0.4) is 0 Å². The molecule has 0 heterocycles. The van der Waals surface area contributed by atoms with Crippen molar-refractivity contribution in [3.05, 3.63) is 78.4 Å². The van der Waals surface area contributed by atoms with Gasteiger partial charge in [0.1, 0.15) is 0 Å². The van der Waals surface area contributed by atoms with Crippen molar-refractivity contribution in [2.45, 2.75) is 13.3 Å². The lowest BCUT2D eigenvalue weighted by atomic mass is 9.86. The van der Waals surface area contributed by atoms with Crippen molar-refractivity contribution in [1.29, 1.82) is 0 Å². The normalized spacial score (nSPS) is 10.1. The third-order valence-electron chi connectivity index (χ3n) is 3.60. The molecule has 0 heteroatoms. The highest BCUT2D eigenvalue weighted by Gasteiger charge is 2.14. The first-order chi connectivity index (χ1) is 9.76. The molecule has 0 fully saturated rings. The van der Waals surface area contributed by atoms with Crippen LogP contribution < -0.4 is 0 Å². The molecule has 2 aromatic carbocycles. The van der Waals surface area contributed by atoms with Gasteiger partial charge in [-0.15, -0.1) is 0 Å². The molecule has 0 N–H and O–H groups in total. The Kier molecular flexibility index (Phi) is 4.37. The molecule has 0 aliphatic rings. The molecular weight excluding hydrogens is 240 g/mol. The lowest BCUT2D eigenvalue weighted by Gasteiger charge is -2.18. The maximum Gasteiger partial charge on any atom is -0.00677 e. The summed E-state index contributed by atoms with van der Waals surface area (Å²) in [4.78, 5) is 0. The highest BCUT2D eigenvalue weighted by molar-refractivity contribution is 5.86. The molecule has 2 rings (SSSR count). The lowest BCUT2D eigenvalue weighted by Crippen LogP contribution is -1.98. The van der Waals surface area contributed by atoms with E-state index in [4.69, 9.17) is 0 Å². The van der Waals surface area contributed by atoms with Crippen molar-refractivity contribution in [3.63, 3.8) is 0 Å². The minimum Gasteiger partial charge on any atom is -0.0985 e. The van der Waals surface area contributed by atoms with Crippen LogP contribution in [0.25, 0.3) is 29.4 Å². The highest BCUT2D eigenvalue weighted by atomic mass is 14.2. The van der Waals surface area contributed by atoms with Crippen LogP contribution >= 0.6 is 0 Å². The van der Waals surface area contributed by atoms with Crippen LogP contribution in [0.15, 0.2) is 56.1 Å². The topological polar surface area (TPSA) is 0 Å². The Hall–Kier alpha value is -2.34. The van der Waals surface area contributed by atoms with Crippen LogP contribution in [0, 0.1) is 0 Å². The summed E-state index contributed by atoms with van der Waals surface area (Å²) in [6.45, 7) is 14.0. The van der Waals surface area contributed by atoms with E-state index in [1.54, 1.807) is 0 Å². The Labute approximate surface area is 121 Å². The van der Waals surface area contributed by atoms with Crippen molar-refractivity contribution >= 4 is 18.2 Å². The molecule has 0 spiro atoms. The van der Waals surface area contributed by atoms with Gasteiger partial charge in [-0.3, -0.25) is 0 Å². The molecule has 2 aromatic rings. The first-order valence-electron chi connectivity index (χ1n) is 6.89. The number of benzene rings is 2. The van der Waals surface area contributed by atoms with Gasteiger partial charge >= 0.3 is 0 Å². The molecule has 0 unspecified atom stereocenters. The molecule has 0 aliphatic carbocycles. The van der Waals surface area contributed by atoms with Gasteiger partial charge in [0, 0.05) is 0 Å². The summed E-state index contributed by atoms with van der Waals surface area (Å²) in [5.41, 5.74) is 7.19. The third-order valence-corrected chi connectivity index (χ3v) is 3.60. The van der Waals surface area contributed by atoms with Gasteiger partial charge in [0.05, 0.1) is 0 Å². The Bertz CT molecular complexity index is 645. The first-order valence-corrected chi connectivity index (χ1v) is 6.89. The summed E-state index contributed by atoms with van der Waals surface area (Å²) in [6, 6.07) is 12.6. The maximum atomic E-state index is 3.98. The molecular formula is C20H20. The summed E-state index contributed by atoms with van der Waals surface area (Å²) >= 11 is 0. The van der Waals surface area contributed by atoms with E-state index >= 15 is 0 Å². The molecule has 20 heavy (non-hydrogen) atoms. The minimum absolute atomic E-state index is 0.962. The molecule has 100 valence electrons. The molecule has 0 aromatic heterocycles. The molecule has 0 bridgehead atoms. The van der Waals surface area contributed by atoms with E-state index in [1.807, 2.05) is 24.3 Å². The minimum atomic E-state index is 0.962.